The van der Waals surface area contributed by atoms with Gasteiger partial charge in [0.1, 0.15) is 11.4 Å². The molecule has 0 aliphatic carbocycles. The molecule has 0 spiro atoms. The number of carbonyl (C=O) groups excluding carboxylic acids is 1. The third-order valence-corrected chi connectivity index (χ3v) is 1.98. The molecule has 0 fully saturated rings. The lowest BCUT2D eigenvalue weighted by molar-refractivity contribution is -0.115. The van der Waals surface area contributed by atoms with Crippen LogP contribution in [0.5, 0.6) is 5.88 Å². The van der Waals surface area contributed by atoms with Crippen molar-refractivity contribution in [2.45, 2.75) is 13.3 Å². The maximum Gasteiger partial charge on any atom is 0.300 e. The highest BCUT2D eigenvalue weighted by molar-refractivity contribution is 5.92. The molecule has 0 aromatic carbocycles. The zero-order chi connectivity index (χ0) is 12.3. The van der Waals surface area contributed by atoms with Crippen molar-refractivity contribution in [2.24, 2.45) is 0 Å². The molecule has 2 heterocycles. The van der Waals surface area contributed by atoms with E-state index in [9.17, 15) is 4.79 Å². The van der Waals surface area contributed by atoms with E-state index in [1.807, 2.05) is 0 Å². The Morgan fingerprint density at radius 3 is 2.71 bits per heavy atom. The number of nitrogens with one attached hydrogen (secondary N) is 1. The standard InChI is InChI=1S/C8H9N5O4/c1-4-5(11-16-10-4)3-6(14)9-7-8(15-2)13-17-12-7/h3H2,1-2H3,(H,9,12,14). The summed E-state index contributed by atoms with van der Waals surface area (Å²) < 4.78 is 13.7. The molecule has 0 aliphatic rings. The van der Waals surface area contributed by atoms with Gasteiger partial charge < -0.3 is 10.1 Å². The smallest absolute Gasteiger partial charge is 0.300 e. The number of hydrogen-bond acceptors (Lipinski definition) is 8. The molecule has 0 saturated carbocycles. The Bertz CT molecular complexity index is 519. The molecule has 2 aromatic rings. The normalized spacial score (nSPS) is 10.2. The van der Waals surface area contributed by atoms with Gasteiger partial charge in [0.05, 0.1) is 13.5 Å². The number of anilines is 1. The molecule has 0 bridgehead atoms. The van der Waals surface area contributed by atoms with Gasteiger partial charge in [-0.3, -0.25) is 4.79 Å². The summed E-state index contributed by atoms with van der Waals surface area (Å²) in [5, 5.41) is 16.5. The van der Waals surface area contributed by atoms with Crippen LogP contribution < -0.4 is 10.1 Å². The minimum atomic E-state index is -0.349. The summed E-state index contributed by atoms with van der Waals surface area (Å²) >= 11 is 0. The first kappa shape index (κ1) is 11.0. The molecule has 0 unspecified atom stereocenters. The van der Waals surface area contributed by atoms with E-state index in [-0.39, 0.29) is 24.0 Å². The third-order valence-electron chi connectivity index (χ3n) is 1.98. The lowest BCUT2D eigenvalue weighted by atomic mass is 10.2. The highest BCUT2D eigenvalue weighted by Crippen LogP contribution is 2.17. The predicted octanol–water partition coefficient (Wildman–Crippen LogP) is -0.0492. The van der Waals surface area contributed by atoms with Gasteiger partial charge in [-0.15, -0.1) is 0 Å². The highest BCUT2D eigenvalue weighted by atomic mass is 16.6. The van der Waals surface area contributed by atoms with Gasteiger partial charge in [-0.2, -0.15) is 0 Å². The Morgan fingerprint density at radius 1 is 1.29 bits per heavy atom. The summed E-state index contributed by atoms with van der Waals surface area (Å²) in [5.74, 6) is -0.127. The zero-order valence-corrected chi connectivity index (χ0v) is 9.13. The number of rotatable bonds is 4. The maximum absolute atomic E-state index is 11.6. The predicted molar refractivity (Wildman–Crippen MR) is 52.2 cm³/mol. The van der Waals surface area contributed by atoms with Crippen LogP contribution in [0.2, 0.25) is 0 Å². The van der Waals surface area contributed by atoms with Gasteiger partial charge in [-0.25, -0.2) is 9.26 Å². The average Bonchev–Trinajstić information content (AvgIpc) is 2.89. The van der Waals surface area contributed by atoms with Crippen LogP contribution in [0.4, 0.5) is 5.82 Å². The number of aryl methyl sites for hydroxylation is 1. The van der Waals surface area contributed by atoms with Crippen LogP contribution in [0.1, 0.15) is 11.4 Å². The van der Waals surface area contributed by atoms with Gasteiger partial charge in [-0.1, -0.05) is 10.3 Å². The molecule has 0 radical (unpaired) electrons. The lowest BCUT2D eigenvalue weighted by Gasteiger charge is -1.99. The molecule has 9 nitrogen and oxygen atoms in total. The van der Waals surface area contributed by atoms with Crippen LogP contribution >= 0.6 is 0 Å². The molecule has 90 valence electrons. The third kappa shape index (κ3) is 2.38. The van der Waals surface area contributed by atoms with Crippen molar-refractivity contribution in [3.63, 3.8) is 0 Å². The summed E-state index contributed by atoms with van der Waals surface area (Å²) in [4.78, 5) is 11.6. The van der Waals surface area contributed by atoms with Crippen molar-refractivity contribution in [3.05, 3.63) is 11.4 Å². The number of amides is 1. The largest absolute Gasteiger partial charge is 0.476 e. The Hall–Kier alpha value is -2.45. The first-order chi connectivity index (χ1) is 8.20. The van der Waals surface area contributed by atoms with E-state index in [2.05, 4.69) is 35.2 Å². The quantitative estimate of drug-likeness (QED) is 0.789. The summed E-state index contributed by atoms with van der Waals surface area (Å²) in [5.41, 5.74) is 1.02. The van der Waals surface area contributed by atoms with Crippen molar-refractivity contribution in [1.29, 1.82) is 0 Å². The van der Waals surface area contributed by atoms with Gasteiger partial charge in [0.2, 0.25) is 11.7 Å². The topological polar surface area (TPSA) is 116 Å². The van der Waals surface area contributed by atoms with Crippen LogP contribution in [0.3, 0.4) is 0 Å². The molecular weight excluding hydrogens is 230 g/mol. The van der Waals surface area contributed by atoms with E-state index < -0.39 is 0 Å². The Balaban J connectivity index is 2.01. The van der Waals surface area contributed by atoms with Gasteiger partial charge in [-0.05, 0) is 17.2 Å². The molecule has 1 amide bonds. The van der Waals surface area contributed by atoms with Crippen molar-refractivity contribution >= 4 is 11.7 Å². The second kappa shape index (κ2) is 4.60. The second-order valence-electron chi connectivity index (χ2n) is 3.14. The first-order valence-corrected chi connectivity index (χ1v) is 4.65. The van der Waals surface area contributed by atoms with Crippen LogP contribution in [0, 0.1) is 6.92 Å². The Labute approximate surface area is 95.0 Å². The maximum atomic E-state index is 11.6. The molecule has 0 saturated heterocycles. The number of aromatic nitrogens is 4. The van der Waals surface area contributed by atoms with Gasteiger partial charge in [0.25, 0.3) is 0 Å². The summed E-state index contributed by atoms with van der Waals surface area (Å²) in [6, 6.07) is 0. The SMILES string of the molecule is COc1nonc1NC(=O)Cc1nonc1C. The fourth-order valence-electron chi connectivity index (χ4n) is 1.13. The van der Waals surface area contributed by atoms with E-state index in [4.69, 9.17) is 4.74 Å². The van der Waals surface area contributed by atoms with E-state index in [1.165, 1.54) is 7.11 Å². The molecular formula is C8H9N5O4. The lowest BCUT2D eigenvalue weighted by Crippen LogP contribution is -2.16. The van der Waals surface area contributed by atoms with Crippen molar-refractivity contribution in [3.8, 4) is 5.88 Å². The van der Waals surface area contributed by atoms with Crippen LogP contribution in [0.25, 0.3) is 0 Å². The molecule has 0 atom stereocenters. The number of carbonyl (C=O) groups is 1. The molecule has 0 aliphatic heterocycles. The van der Waals surface area contributed by atoms with Crippen molar-refractivity contribution in [1.82, 2.24) is 20.6 Å². The summed E-state index contributed by atoms with van der Waals surface area (Å²) in [6.45, 7) is 1.69. The number of hydrogen-bond donors (Lipinski definition) is 1. The van der Waals surface area contributed by atoms with Gasteiger partial charge >= 0.3 is 5.88 Å². The van der Waals surface area contributed by atoms with E-state index >= 15 is 0 Å². The first-order valence-electron chi connectivity index (χ1n) is 4.65. The Morgan fingerprint density at radius 2 is 2.06 bits per heavy atom. The fourth-order valence-corrected chi connectivity index (χ4v) is 1.13. The van der Waals surface area contributed by atoms with E-state index in [1.54, 1.807) is 6.92 Å². The minimum absolute atomic E-state index is 0.0192. The number of ether oxygens (including phenoxy) is 1. The number of methoxy groups -OCH3 is 1. The molecule has 2 aromatic heterocycles. The molecule has 17 heavy (non-hydrogen) atoms. The summed E-state index contributed by atoms with van der Waals surface area (Å²) in [7, 11) is 1.39. The Kier molecular flexibility index (Phi) is 2.99. The van der Waals surface area contributed by atoms with Gasteiger partial charge in [0.15, 0.2) is 0 Å². The van der Waals surface area contributed by atoms with Gasteiger partial charge in [0, 0.05) is 0 Å². The molecule has 9 heteroatoms. The van der Waals surface area contributed by atoms with Crippen molar-refractivity contribution in [2.75, 3.05) is 12.4 Å². The number of nitrogens with zero attached hydrogens (tertiary/aromatic N) is 4. The minimum Gasteiger partial charge on any atom is -0.476 e. The second-order valence-corrected chi connectivity index (χ2v) is 3.14. The van der Waals surface area contributed by atoms with Crippen LogP contribution in [-0.2, 0) is 11.2 Å². The van der Waals surface area contributed by atoms with Crippen LogP contribution in [0.15, 0.2) is 9.26 Å². The van der Waals surface area contributed by atoms with E-state index in [0.717, 1.165) is 0 Å². The van der Waals surface area contributed by atoms with E-state index in [0.29, 0.717) is 11.4 Å². The fraction of sp³-hybridized carbons (Fsp3) is 0.375. The van der Waals surface area contributed by atoms with Crippen molar-refractivity contribution < 1.29 is 18.8 Å². The zero-order valence-electron chi connectivity index (χ0n) is 9.13. The summed E-state index contributed by atoms with van der Waals surface area (Å²) in [6.07, 6.45) is 0.0192. The highest BCUT2D eigenvalue weighted by Gasteiger charge is 2.16. The monoisotopic (exact) mass is 239 g/mol. The van der Waals surface area contributed by atoms with Crippen LogP contribution in [-0.4, -0.2) is 33.6 Å². The molecule has 1 N–H and O–H groups in total. The average molecular weight is 239 g/mol. The molecule has 2 rings (SSSR count).